The van der Waals surface area contributed by atoms with E-state index in [4.69, 9.17) is 9.47 Å². The van der Waals surface area contributed by atoms with Crippen LogP contribution in [0.15, 0.2) is 76.1 Å². The van der Waals surface area contributed by atoms with E-state index in [-0.39, 0.29) is 17.3 Å². The van der Waals surface area contributed by atoms with Gasteiger partial charge in [0.25, 0.3) is 10.0 Å². The summed E-state index contributed by atoms with van der Waals surface area (Å²) in [6, 6.07) is 17.5. The Labute approximate surface area is 257 Å². The van der Waals surface area contributed by atoms with Crippen molar-refractivity contribution in [3.8, 4) is 11.5 Å². The summed E-state index contributed by atoms with van der Waals surface area (Å²) >= 11 is 3.36. The Morgan fingerprint density at radius 3 is 2.21 bits per heavy atom. The third-order valence-electron chi connectivity index (χ3n) is 6.46. The number of amides is 2. The van der Waals surface area contributed by atoms with Gasteiger partial charge in [0.15, 0.2) is 0 Å². The maximum atomic E-state index is 14.1. The molecule has 9 nitrogen and oxygen atoms in total. The van der Waals surface area contributed by atoms with E-state index < -0.39 is 34.1 Å². The Balaban J connectivity index is 2.07. The van der Waals surface area contributed by atoms with Crippen LogP contribution in [0, 0.1) is 6.92 Å². The number of hydrogen-bond donors (Lipinski definition) is 1. The minimum Gasteiger partial charge on any atom is -0.497 e. The van der Waals surface area contributed by atoms with Gasteiger partial charge < -0.3 is 19.7 Å². The fourth-order valence-electron chi connectivity index (χ4n) is 4.20. The molecule has 0 fully saturated rings. The van der Waals surface area contributed by atoms with Crippen LogP contribution in [0.2, 0.25) is 0 Å². The molecule has 0 aromatic heterocycles. The van der Waals surface area contributed by atoms with Crippen LogP contribution in [0.4, 0.5) is 5.69 Å². The average Bonchev–Trinajstić information content (AvgIpc) is 2.93. The minimum absolute atomic E-state index is 0.0265. The molecule has 226 valence electrons. The lowest BCUT2D eigenvalue weighted by Gasteiger charge is -2.33. The monoisotopic (exact) mass is 659 g/mol. The number of sulfonamides is 1. The molecular weight excluding hydrogens is 622 g/mol. The standard InChI is InChI=1S/C31H38BrN3O6S/c1-21-11-13-24(14-12-21)35(42(38,39)26-15-16-28(41-7)27(32)18-26)20-29(36)34(22(2)30(37)33-31(3,4)5)19-23-9-8-10-25(17-23)40-6/h8-18,22H,19-20H2,1-7H3,(H,33,37)/t22-/m0/s1. The van der Waals surface area contributed by atoms with Gasteiger partial charge in [-0.15, -0.1) is 0 Å². The van der Waals surface area contributed by atoms with Crippen LogP contribution in [0.5, 0.6) is 11.5 Å². The Morgan fingerprint density at radius 1 is 0.976 bits per heavy atom. The van der Waals surface area contributed by atoms with Gasteiger partial charge in [-0.3, -0.25) is 13.9 Å². The normalized spacial score (nSPS) is 12.3. The van der Waals surface area contributed by atoms with E-state index in [0.717, 1.165) is 15.4 Å². The number of hydrogen-bond acceptors (Lipinski definition) is 6. The quantitative estimate of drug-likeness (QED) is 0.299. The first-order valence-electron chi connectivity index (χ1n) is 13.3. The second-order valence-electron chi connectivity index (χ2n) is 10.9. The second-order valence-corrected chi connectivity index (χ2v) is 13.6. The smallest absolute Gasteiger partial charge is 0.264 e. The number of carbonyl (C=O) groups excluding carboxylic acids is 2. The maximum Gasteiger partial charge on any atom is 0.264 e. The zero-order chi connectivity index (χ0) is 31.2. The summed E-state index contributed by atoms with van der Waals surface area (Å²) in [4.78, 5) is 28.7. The molecule has 0 bridgehead atoms. The molecule has 0 aliphatic heterocycles. The van der Waals surface area contributed by atoms with Crippen molar-refractivity contribution in [3.05, 3.63) is 82.3 Å². The molecule has 1 atom stereocenters. The molecular formula is C31H38BrN3O6S. The van der Waals surface area contributed by atoms with Gasteiger partial charge in [-0.2, -0.15) is 0 Å². The van der Waals surface area contributed by atoms with Gasteiger partial charge in [-0.25, -0.2) is 8.42 Å². The van der Waals surface area contributed by atoms with Crippen molar-refractivity contribution in [2.75, 3.05) is 25.1 Å². The molecule has 0 aliphatic rings. The molecule has 0 radical (unpaired) electrons. The first-order chi connectivity index (χ1) is 19.7. The minimum atomic E-state index is -4.22. The number of aryl methyl sites for hydroxylation is 1. The number of benzene rings is 3. The van der Waals surface area contributed by atoms with Crippen LogP contribution in [-0.4, -0.2) is 57.5 Å². The number of nitrogens with one attached hydrogen (secondary N) is 1. The van der Waals surface area contributed by atoms with Crippen molar-refractivity contribution >= 4 is 43.5 Å². The second kappa shape index (κ2) is 13.6. The van der Waals surface area contributed by atoms with Crippen molar-refractivity contribution in [1.82, 2.24) is 10.2 Å². The fourth-order valence-corrected chi connectivity index (χ4v) is 6.33. The van der Waals surface area contributed by atoms with E-state index in [1.54, 1.807) is 62.6 Å². The van der Waals surface area contributed by atoms with Crippen molar-refractivity contribution in [2.24, 2.45) is 0 Å². The van der Waals surface area contributed by atoms with Gasteiger partial charge in [0.1, 0.15) is 24.1 Å². The third-order valence-corrected chi connectivity index (χ3v) is 8.85. The van der Waals surface area contributed by atoms with E-state index in [0.29, 0.717) is 21.7 Å². The number of nitrogens with zero attached hydrogens (tertiary/aromatic N) is 2. The highest BCUT2D eigenvalue weighted by atomic mass is 79.9. The number of carbonyl (C=O) groups is 2. The number of halogens is 1. The molecule has 11 heteroatoms. The van der Waals surface area contributed by atoms with Gasteiger partial charge in [0, 0.05) is 12.1 Å². The summed E-state index contributed by atoms with van der Waals surface area (Å²) in [5.41, 5.74) is 1.44. The number of rotatable bonds is 11. The van der Waals surface area contributed by atoms with Crippen LogP contribution in [0.3, 0.4) is 0 Å². The zero-order valence-corrected chi connectivity index (χ0v) is 27.4. The molecule has 0 unspecified atom stereocenters. The summed E-state index contributed by atoms with van der Waals surface area (Å²) in [5.74, 6) is 0.157. The van der Waals surface area contributed by atoms with Crippen molar-refractivity contribution in [3.63, 3.8) is 0 Å². The number of anilines is 1. The van der Waals surface area contributed by atoms with Crippen molar-refractivity contribution in [2.45, 2.75) is 57.6 Å². The van der Waals surface area contributed by atoms with Gasteiger partial charge >= 0.3 is 0 Å². The van der Waals surface area contributed by atoms with Crippen LogP contribution >= 0.6 is 15.9 Å². The van der Waals surface area contributed by atoms with E-state index in [1.165, 1.54) is 24.1 Å². The predicted molar refractivity (Wildman–Crippen MR) is 167 cm³/mol. The molecule has 0 heterocycles. The Hall–Kier alpha value is -3.57. The Bertz CT molecular complexity index is 1520. The van der Waals surface area contributed by atoms with E-state index in [9.17, 15) is 18.0 Å². The number of methoxy groups -OCH3 is 2. The Kier molecular flexibility index (Phi) is 10.7. The van der Waals surface area contributed by atoms with Crippen LogP contribution in [-0.2, 0) is 26.2 Å². The maximum absolute atomic E-state index is 14.1. The lowest BCUT2D eigenvalue weighted by atomic mass is 10.1. The average molecular weight is 661 g/mol. The summed E-state index contributed by atoms with van der Waals surface area (Å²) < 4.78 is 40.2. The van der Waals surface area contributed by atoms with E-state index >= 15 is 0 Å². The lowest BCUT2D eigenvalue weighted by molar-refractivity contribution is -0.140. The molecule has 3 aromatic rings. The molecule has 2 amide bonds. The van der Waals surface area contributed by atoms with Crippen LogP contribution < -0.4 is 19.1 Å². The topological polar surface area (TPSA) is 105 Å². The highest BCUT2D eigenvalue weighted by Gasteiger charge is 2.33. The molecule has 3 aromatic carbocycles. The van der Waals surface area contributed by atoms with Gasteiger partial charge in [-0.1, -0.05) is 29.8 Å². The highest BCUT2D eigenvalue weighted by Crippen LogP contribution is 2.31. The third kappa shape index (κ3) is 8.25. The van der Waals surface area contributed by atoms with Crippen molar-refractivity contribution < 1.29 is 27.5 Å². The van der Waals surface area contributed by atoms with Crippen molar-refractivity contribution in [1.29, 1.82) is 0 Å². The molecule has 3 rings (SSSR count). The summed E-state index contributed by atoms with van der Waals surface area (Å²) in [7, 11) is -1.19. The molecule has 0 saturated heterocycles. The van der Waals surface area contributed by atoms with Gasteiger partial charge in [0.2, 0.25) is 11.8 Å². The zero-order valence-electron chi connectivity index (χ0n) is 25.0. The SMILES string of the molecule is COc1cccc(CN(C(=O)CN(c2ccc(C)cc2)S(=O)(=O)c2ccc(OC)c(Br)c2)[C@@H](C)C(=O)NC(C)(C)C)c1. The van der Waals surface area contributed by atoms with Gasteiger partial charge in [0.05, 0.1) is 29.3 Å². The molecule has 1 N–H and O–H groups in total. The van der Waals surface area contributed by atoms with E-state index in [2.05, 4.69) is 21.2 Å². The van der Waals surface area contributed by atoms with Crippen LogP contribution in [0.1, 0.15) is 38.8 Å². The Morgan fingerprint density at radius 2 is 1.64 bits per heavy atom. The molecule has 0 spiro atoms. The highest BCUT2D eigenvalue weighted by molar-refractivity contribution is 9.10. The number of ether oxygens (including phenoxy) is 2. The van der Waals surface area contributed by atoms with Gasteiger partial charge in [-0.05, 0) is 98.6 Å². The predicted octanol–water partition coefficient (Wildman–Crippen LogP) is 5.30. The lowest BCUT2D eigenvalue weighted by Crippen LogP contribution is -2.54. The molecule has 42 heavy (non-hydrogen) atoms. The fraction of sp³-hybridized carbons (Fsp3) is 0.355. The summed E-state index contributed by atoms with van der Waals surface area (Å²) in [6.07, 6.45) is 0. The summed E-state index contributed by atoms with van der Waals surface area (Å²) in [5, 5.41) is 2.92. The molecule has 0 aliphatic carbocycles. The van der Waals surface area contributed by atoms with Crippen LogP contribution in [0.25, 0.3) is 0 Å². The summed E-state index contributed by atoms with van der Waals surface area (Å²) in [6.45, 7) is 8.60. The first-order valence-corrected chi connectivity index (χ1v) is 15.6. The largest absolute Gasteiger partial charge is 0.497 e. The molecule has 0 saturated carbocycles. The first kappa shape index (κ1) is 32.9. The van der Waals surface area contributed by atoms with E-state index in [1.807, 2.05) is 33.8 Å².